The highest BCUT2D eigenvalue weighted by Crippen LogP contribution is 2.27. The fourth-order valence-corrected chi connectivity index (χ4v) is 2.63. The summed E-state index contributed by atoms with van der Waals surface area (Å²) in [6, 6.07) is 4.88. The maximum atomic E-state index is 12.4. The van der Waals surface area contributed by atoms with Crippen LogP contribution in [0.15, 0.2) is 18.2 Å². The Hall–Kier alpha value is -2.11. The minimum absolute atomic E-state index is 0.0406. The van der Waals surface area contributed by atoms with Crippen molar-refractivity contribution in [2.45, 2.75) is 39.2 Å². The zero-order valence-electron chi connectivity index (χ0n) is 12.5. The summed E-state index contributed by atoms with van der Waals surface area (Å²) in [7, 11) is 0. The van der Waals surface area contributed by atoms with Crippen molar-refractivity contribution in [1.82, 2.24) is 4.90 Å². The summed E-state index contributed by atoms with van der Waals surface area (Å²) in [6.45, 7) is 5.39. The summed E-state index contributed by atoms with van der Waals surface area (Å²) in [5.41, 5.74) is 0.812. The van der Waals surface area contributed by atoms with Crippen molar-refractivity contribution in [2.75, 3.05) is 18.4 Å². The molecule has 1 unspecified atom stereocenters. The van der Waals surface area contributed by atoms with Crippen molar-refractivity contribution in [3.63, 3.8) is 0 Å². The largest absolute Gasteiger partial charge is 0.380 e. The molecule has 1 aromatic carbocycles. The second-order valence-corrected chi connectivity index (χ2v) is 5.41. The van der Waals surface area contributed by atoms with E-state index in [1.165, 1.54) is 6.07 Å². The highest BCUT2D eigenvalue weighted by molar-refractivity contribution is 5.96. The van der Waals surface area contributed by atoms with Gasteiger partial charge in [-0.3, -0.25) is 14.9 Å². The standard InChI is InChI=1S/C15H21N3O3/c1-3-8-16-13-7-6-12(10-14(13)18(20)21)15(19)17-9-4-5-11(17)2/h6-7,10-11,16H,3-5,8-9H2,1-2H3. The number of nitrogens with zero attached hydrogens (tertiary/aromatic N) is 2. The van der Waals surface area contributed by atoms with Crippen molar-refractivity contribution in [3.8, 4) is 0 Å². The van der Waals surface area contributed by atoms with E-state index < -0.39 is 4.92 Å². The molecule has 1 N–H and O–H groups in total. The number of likely N-dealkylation sites (tertiary alicyclic amines) is 1. The maximum Gasteiger partial charge on any atom is 0.293 e. The lowest BCUT2D eigenvalue weighted by Gasteiger charge is -2.21. The van der Waals surface area contributed by atoms with E-state index in [4.69, 9.17) is 0 Å². The Balaban J connectivity index is 2.26. The van der Waals surface area contributed by atoms with Crippen molar-refractivity contribution < 1.29 is 9.72 Å². The third-order valence-electron chi connectivity index (χ3n) is 3.82. The van der Waals surface area contributed by atoms with Gasteiger partial charge in [-0.2, -0.15) is 0 Å². The zero-order chi connectivity index (χ0) is 15.4. The molecule has 0 bridgehead atoms. The number of hydrogen-bond donors (Lipinski definition) is 1. The smallest absolute Gasteiger partial charge is 0.293 e. The van der Waals surface area contributed by atoms with Crippen LogP contribution in [0.4, 0.5) is 11.4 Å². The molecule has 1 aliphatic heterocycles. The third-order valence-corrected chi connectivity index (χ3v) is 3.82. The predicted octanol–water partition coefficient (Wildman–Crippen LogP) is 3.04. The number of hydrogen-bond acceptors (Lipinski definition) is 4. The van der Waals surface area contributed by atoms with Gasteiger partial charge in [-0.25, -0.2) is 0 Å². The molecule has 6 nitrogen and oxygen atoms in total. The summed E-state index contributed by atoms with van der Waals surface area (Å²) >= 11 is 0. The molecule has 1 fully saturated rings. The van der Waals surface area contributed by atoms with Crippen LogP contribution in [-0.2, 0) is 0 Å². The molecule has 1 atom stereocenters. The van der Waals surface area contributed by atoms with Gasteiger partial charge in [0.05, 0.1) is 4.92 Å². The lowest BCUT2D eigenvalue weighted by molar-refractivity contribution is -0.384. The van der Waals surface area contributed by atoms with Crippen LogP contribution in [0.1, 0.15) is 43.5 Å². The average molecular weight is 291 g/mol. The highest BCUT2D eigenvalue weighted by Gasteiger charge is 2.27. The molecular weight excluding hydrogens is 270 g/mol. The van der Waals surface area contributed by atoms with E-state index in [1.54, 1.807) is 17.0 Å². The monoisotopic (exact) mass is 291 g/mol. The van der Waals surface area contributed by atoms with Crippen LogP contribution in [-0.4, -0.2) is 34.9 Å². The van der Waals surface area contributed by atoms with Gasteiger partial charge in [0.15, 0.2) is 0 Å². The van der Waals surface area contributed by atoms with Gasteiger partial charge < -0.3 is 10.2 Å². The van der Waals surface area contributed by atoms with Gasteiger partial charge >= 0.3 is 0 Å². The fraction of sp³-hybridized carbons (Fsp3) is 0.533. The topological polar surface area (TPSA) is 75.5 Å². The SMILES string of the molecule is CCCNc1ccc(C(=O)N2CCCC2C)cc1[N+](=O)[O-]. The van der Waals surface area contributed by atoms with Gasteiger partial charge in [-0.1, -0.05) is 6.92 Å². The van der Waals surface area contributed by atoms with Gasteiger partial charge in [0, 0.05) is 30.8 Å². The summed E-state index contributed by atoms with van der Waals surface area (Å²) in [5, 5.41) is 14.2. The van der Waals surface area contributed by atoms with Crippen molar-refractivity contribution >= 4 is 17.3 Å². The first-order valence-electron chi connectivity index (χ1n) is 7.38. The number of carbonyl (C=O) groups is 1. The van der Waals surface area contributed by atoms with Gasteiger partial charge in [0.2, 0.25) is 0 Å². The fourth-order valence-electron chi connectivity index (χ4n) is 2.63. The number of nitro benzene ring substituents is 1. The van der Waals surface area contributed by atoms with E-state index in [0.29, 0.717) is 17.8 Å². The minimum atomic E-state index is -0.442. The highest BCUT2D eigenvalue weighted by atomic mass is 16.6. The van der Waals surface area contributed by atoms with E-state index in [0.717, 1.165) is 25.8 Å². The first-order chi connectivity index (χ1) is 10.0. The molecule has 0 aliphatic carbocycles. The van der Waals surface area contributed by atoms with E-state index in [9.17, 15) is 14.9 Å². The van der Waals surface area contributed by atoms with Gasteiger partial charge in [0.25, 0.3) is 11.6 Å². The predicted molar refractivity (Wildman–Crippen MR) is 81.6 cm³/mol. The van der Waals surface area contributed by atoms with Crippen LogP contribution < -0.4 is 5.32 Å². The molecular formula is C15H21N3O3. The molecule has 0 aromatic heterocycles. The maximum absolute atomic E-state index is 12.4. The van der Waals surface area contributed by atoms with Crippen LogP contribution in [0.25, 0.3) is 0 Å². The minimum Gasteiger partial charge on any atom is -0.380 e. The summed E-state index contributed by atoms with van der Waals surface area (Å²) in [4.78, 5) is 25.0. The Kier molecular flexibility index (Phi) is 4.77. The molecule has 2 rings (SSSR count). The van der Waals surface area contributed by atoms with Crippen LogP contribution >= 0.6 is 0 Å². The number of nitrogens with one attached hydrogen (secondary N) is 1. The first kappa shape index (κ1) is 15.3. The third kappa shape index (κ3) is 3.32. The van der Waals surface area contributed by atoms with Crippen LogP contribution in [0.2, 0.25) is 0 Å². The van der Waals surface area contributed by atoms with Crippen molar-refractivity contribution in [2.24, 2.45) is 0 Å². The number of benzene rings is 1. The van der Waals surface area contributed by atoms with Crippen LogP contribution in [0.3, 0.4) is 0 Å². The molecule has 0 radical (unpaired) electrons. The number of rotatable bonds is 5. The molecule has 21 heavy (non-hydrogen) atoms. The van der Waals surface area contributed by atoms with E-state index in [2.05, 4.69) is 5.32 Å². The van der Waals surface area contributed by atoms with Gasteiger partial charge in [0.1, 0.15) is 5.69 Å². The number of nitro groups is 1. The van der Waals surface area contributed by atoms with Gasteiger partial charge in [-0.15, -0.1) is 0 Å². The van der Waals surface area contributed by atoms with Crippen molar-refractivity contribution in [3.05, 3.63) is 33.9 Å². The quantitative estimate of drug-likeness (QED) is 0.668. The summed E-state index contributed by atoms with van der Waals surface area (Å²) < 4.78 is 0. The Morgan fingerprint density at radius 1 is 1.52 bits per heavy atom. The molecule has 0 spiro atoms. The molecule has 0 saturated carbocycles. The lowest BCUT2D eigenvalue weighted by atomic mass is 10.1. The zero-order valence-corrected chi connectivity index (χ0v) is 12.5. The molecule has 1 aromatic rings. The Labute approximate surface area is 124 Å². The van der Waals surface area contributed by atoms with Crippen molar-refractivity contribution in [1.29, 1.82) is 0 Å². The number of anilines is 1. The molecule has 1 aliphatic rings. The van der Waals surface area contributed by atoms with E-state index in [1.807, 2.05) is 13.8 Å². The van der Waals surface area contributed by atoms with Gasteiger partial charge in [-0.05, 0) is 38.3 Å². The second-order valence-electron chi connectivity index (χ2n) is 5.41. The van der Waals surface area contributed by atoms with E-state index >= 15 is 0 Å². The molecule has 1 saturated heterocycles. The normalized spacial score (nSPS) is 17.8. The molecule has 114 valence electrons. The van der Waals surface area contributed by atoms with E-state index in [-0.39, 0.29) is 17.6 Å². The average Bonchev–Trinajstić information content (AvgIpc) is 2.90. The second kappa shape index (κ2) is 6.56. The number of carbonyl (C=O) groups excluding carboxylic acids is 1. The first-order valence-corrected chi connectivity index (χ1v) is 7.38. The van der Waals surface area contributed by atoms with Crippen LogP contribution in [0.5, 0.6) is 0 Å². The molecule has 1 heterocycles. The summed E-state index contributed by atoms with van der Waals surface area (Å²) in [6.07, 6.45) is 2.86. The lowest BCUT2D eigenvalue weighted by Crippen LogP contribution is -2.33. The Morgan fingerprint density at radius 2 is 2.29 bits per heavy atom. The number of amides is 1. The Bertz CT molecular complexity index is 545. The Morgan fingerprint density at radius 3 is 2.86 bits per heavy atom. The molecule has 1 amide bonds. The van der Waals surface area contributed by atoms with Crippen LogP contribution in [0, 0.1) is 10.1 Å². The molecule has 6 heteroatoms. The summed E-state index contributed by atoms with van der Waals surface area (Å²) in [5.74, 6) is -0.120.